The quantitative estimate of drug-likeness (QED) is 0.348. The van der Waals surface area contributed by atoms with E-state index < -0.39 is 5.97 Å². The first-order chi connectivity index (χ1) is 10.6. The van der Waals surface area contributed by atoms with E-state index in [0.717, 1.165) is 24.2 Å². The van der Waals surface area contributed by atoms with Crippen molar-refractivity contribution in [2.75, 3.05) is 14.2 Å². The van der Waals surface area contributed by atoms with Crippen molar-refractivity contribution in [2.45, 2.75) is 25.5 Å². The van der Waals surface area contributed by atoms with Gasteiger partial charge < -0.3 is 19.5 Å². The molecule has 1 aromatic carbocycles. The van der Waals surface area contributed by atoms with Crippen molar-refractivity contribution in [3.63, 3.8) is 0 Å². The van der Waals surface area contributed by atoms with Crippen LogP contribution in [0.3, 0.4) is 0 Å². The van der Waals surface area contributed by atoms with Crippen molar-refractivity contribution < 1.29 is 19.0 Å². The second kappa shape index (κ2) is 7.49. The largest absolute Gasteiger partial charge is 0.497 e. The van der Waals surface area contributed by atoms with Crippen LogP contribution in [0, 0.1) is 5.41 Å². The molecule has 1 aliphatic carbocycles. The Morgan fingerprint density at radius 1 is 1.32 bits per heavy atom. The van der Waals surface area contributed by atoms with E-state index >= 15 is 0 Å². The Hall–Kier alpha value is -2.50. The highest BCUT2D eigenvalue weighted by Crippen LogP contribution is 2.23. The first kappa shape index (κ1) is 15.9. The topological polar surface area (TPSA) is 80.6 Å². The third kappa shape index (κ3) is 4.80. The summed E-state index contributed by atoms with van der Waals surface area (Å²) < 4.78 is 15.1. The third-order valence-electron chi connectivity index (χ3n) is 3.14. The predicted molar refractivity (Wildman–Crippen MR) is 81.8 cm³/mol. The molecule has 2 rings (SSSR count). The lowest BCUT2D eigenvalue weighted by Crippen LogP contribution is -2.23. The number of rotatable bonds is 7. The van der Waals surface area contributed by atoms with E-state index in [2.05, 4.69) is 5.32 Å². The summed E-state index contributed by atoms with van der Waals surface area (Å²) in [5, 5.41) is 10.7. The van der Waals surface area contributed by atoms with Crippen LogP contribution >= 0.6 is 0 Å². The van der Waals surface area contributed by atoms with Crippen molar-refractivity contribution in [2.24, 2.45) is 0 Å². The van der Waals surface area contributed by atoms with Gasteiger partial charge in [-0.25, -0.2) is 4.79 Å². The summed E-state index contributed by atoms with van der Waals surface area (Å²) in [6.45, 7) is 0.432. The molecule has 1 saturated carbocycles. The third-order valence-corrected chi connectivity index (χ3v) is 3.14. The van der Waals surface area contributed by atoms with Gasteiger partial charge in [-0.05, 0) is 30.5 Å². The molecule has 0 unspecified atom stereocenters. The molecular formula is C16H20N2O4. The average Bonchev–Trinajstić information content (AvgIpc) is 3.35. The van der Waals surface area contributed by atoms with Crippen molar-refractivity contribution in [1.82, 2.24) is 5.32 Å². The van der Waals surface area contributed by atoms with E-state index in [-0.39, 0.29) is 17.7 Å². The number of hydrogen-bond donors (Lipinski definition) is 2. The Kier molecular flexibility index (Phi) is 5.41. The number of benzene rings is 1. The lowest BCUT2D eigenvalue weighted by Gasteiger charge is -2.10. The van der Waals surface area contributed by atoms with Gasteiger partial charge in [0, 0.05) is 12.6 Å². The Labute approximate surface area is 129 Å². The lowest BCUT2D eigenvalue weighted by atomic mass is 10.2. The molecule has 118 valence electrons. The minimum Gasteiger partial charge on any atom is -0.497 e. The summed E-state index contributed by atoms with van der Waals surface area (Å²) in [5.74, 6) is 0.204. The SMILES string of the molecule is COC(=O)/C(=C/C(=N)OC1CC1)NCc1ccc(OC)cc1. The monoisotopic (exact) mass is 304 g/mol. The van der Waals surface area contributed by atoms with Crippen molar-refractivity contribution in [3.8, 4) is 5.75 Å². The molecule has 22 heavy (non-hydrogen) atoms. The summed E-state index contributed by atoms with van der Waals surface area (Å²) in [7, 11) is 2.91. The van der Waals surface area contributed by atoms with Gasteiger partial charge in [0.25, 0.3) is 0 Å². The first-order valence-corrected chi connectivity index (χ1v) is 7.04. The minimum atomic E-state index is -0.530. The number of carbonyl (C=O) groups excluding carboxylic acids is 1. The number of nitrogens with one attached hydrogen (secondary N) is 2. The number of hydrogen-bond acceptors (Lipinski definition) is 6. The van der Waals surface area contributed by atoms with E-state index in [1.807, 2.05) is 24.3 Å². The van der Waals surface area contributed by atoms with Crippen LogP contribution in [0.25, 0.3) is 0 Å². The number of ether oxygens (including phenoxy) is 3. The summed E-state index contributed by atoms with van der Waals surface area (Å²) in [6.07, 6.45) is 3.39. The Bertz CT molecular complexity index is 562. The van der Waals surface area contributed by atoms with Crippen LogP contribution in [0.15, 0.2) is 36.0 Å². The Morgan fingerprint density at radius 3 is 2.55 bits per heavy atom. The smallest absolute Gasteiger partial charge is 0.354 e. The molecule has 0 radical (unpaired) electrons. The Balaban J connectivity index is 1.97. The summed E-state index contributed by atoms with van der Waals surface area (Å²) >= 11 is 0. The van der Waals surface area contributed by atoms with Crippen molar-refractivity contribution in [1.29, 1.82) is 5.41 Å². The van der Waals surface area contributed by atoms with Gasteiger partial charge in [-0.15, -0.1) is 0 Å². The molecule has 0 bridgehead atoms. The molecule has 0 saturated heterocycles. The summed E-state index contributed by atoms with van der Waals surface area (Å²) in [6, 6.07) is 7.48. The molecule has 1 fully saturated rings. The average molecular weight is 304 g/mol. The van der Waals surface area contributed by atoms with Gasteiger partial charge in [0.2, 0.25) is 5.90 Å². The Morgan fingerprint density at radius 2 is 2.00 bits per heavy atom. The van der Waals surface area contributed by atoms with Gasteiger partial charge >= 0.3 is 5.97 Å². The molecule has 1 aromatic rings. The molecule has 1 aliphatic rings. The maximum atomic E-state index is 11.7. The number of carbonyl (C=O) groups is 1. The van der Waals surface area contributed by atoms with Crippen LogP contribution in [-0.2, 0) is 20.8 Å². The zero-order valence-electron chi connectivity index (χ0n) is 12.7. The molecule has 6 nitrogen and oxygen atoms in total. The zero-order valence-corrected chi connectivity index (χ0v) is 12.7. The van der Waals surface area contributed by atoms with Gasteiger partial charge in [0.1, 0.15) is 17.6 Å². The van der Waals surface area contributed by atoms with Crippen molar-refractivity contribution >= 4 is 11.9 Å². The molecule has 0 heterocycles. The van der Waals surface area contributed by atoms with Crippen LogP contribution in [0.5, 0.6) is 5.75 Å². The van der Waals surface area contributed by atoms with Crippen LogP contribution in [-0.4, -0.2) is 32.2 Å². The van der Waals surface area contributed by atoms with E-state index in [9.17, 15) is 4.79 Å². The molecule has 0 amide bonds. The molecule has 0 aliphatic heterocycles. The molecule has 0 spiro atoms. The van der Waals surface area contributed by atoms with Gasteiger partial charge in [-0.2, -0.15) is 0 Å². The minimum absolute atomic E-state index is 0.0369. The van der Waals surface area contributed by atoms with Crippen LogP contribution in [0.2, 0.25) is 0 Å². The zero-order chi connectivity index (χ0) is 15.9. The normalized spacial score (nSPS) is 14.2. The fourth-order valence-electron chi connectivity index (χ4n) is 1.76. The fourth-order valence-corrected chi connectivity index (χ4v) is 1.76. The highest BCUT2D eigenvalue weighted by atomic mass is 16.5. The molecule has 2 N–H and O–H groups in total. The first-order valence-electron chi connectivity index (χ1n) is 7.04. The highest BCUT2D eigenvalue weighted by molar-refractivity contribution is 5.96. The molecular weight excluding hydrogens is 284 g/mol. The molecule has 0 aromatic heterocycles. The lowest BCUT2D eigenvalue weighted by molar-refractivity contribution is -0.136. The van der Waals surface area contributed by atoms with Crippen LogP contribution in [0.1, 0.15) is 18.4 Å². The van der Waals surface area contributed by atoms with E-state index in [1.54, 1.807) is 7.11 Å². The number of esters is 1. The van der Waals surface area contributed by atoms with Crippen LogP contribution in [0.4, 0.5) is 0 Å². The van der Waals surface area contributed by atoms with Gasteiger partial charge in [-0.3, -0.25) is 5.41 Å². The second-order valence-corrected chi connectivity index (χ2v) is 4.93. The molecule has 6 heteroatoms. The number of methoxy groups -OCH3 is 2. The van der Waals surface area contributed by atoms with Gasteiger partial charge in [-0.1, -0.05) is 12.1 Å². The summed E-state index contributed by atoms with van der Waals surface area (Å²) in [5.41, 5.74) is 1.18. The highest BCUT2D eigenvalue weighted by Gasteiger charge is 2.24. The maximum absolute atomic E-state index is 11.7. The second-order valence-electron chi connectivity index (χ2n) is 4.93. The van der Waals surface area contributed by atoms with E-state index in [4.69, 9.17) is 19.6 Å². The van der Waals surface area contributed by atoms with Crippen molar-refractivity contribution in [3.05, 3.63) is 41.6 Å². The predicted octanol–water partition coefficient (Wildman–Crippen LogP) is 2.00. The van der Waals surface area contributed by atoms with Gasteiger partial charge in [0.05, 0.1) is 14.2 Å². The van der Waals surface area contributed by atoms with Gasteiger partial charge in [0.15, 0.2) is 0 Å². The standard InChI is InChI=1S/C16H20N2O4/c1-20-12-5-3-11(4-6-12)10-18-14(16(19)21-2)9-15(17)22-13-7-8-13/h3-6,9,13,17-18H,7-8,10H2,1-2H3/b14-9-,17-15?. The molecule has 0 atom stereocenters. The van der Waals surface area contributed by atoms with Crippen LogP contribution < -0.4 is 10.1 Å². The fraction of sp³-hybridized carbons (Fsp3) is 0.375. The van der Waals surface area contributed by atoms with E-state index in [1.165, 1.54) is 13.2 Å². The maximum Gasteiger partial charge on any atom is 0.354 e. The van der Waals surface area contributed by atoms with E-state index in [0.29, 0.717) is 6.54 Å². The summed E-state index contributed by atoms with van der Waals surface area (Å²) in [4.78, 5) is 11.7.